The summed E-state index contributed by atoms with van der Waals surface area (Å²) in [5.41, 5.74) is 6.42. The third-order valence-corrected chi connectivity index (χ3v) is 4.50. The Bertz CT molecular complexity index is 766. The van der Waals surface area contributed by atoms with Crippen LogP contribution in [-0.2, 0) is 11.2 Å². The zero-order chi connectivity index (χ0) is 15.6. The molecule has 0 bridgehead atoms. The molecule has 0 fully saturated rings. The number of thiazole rings is 1. The number of aliphatic hydroxyl groups is 1. The van der Waals surface area contributed by atoms with Crippen molar-refractivity contribution >= 4 is 46.0 Å². The quantitative estimate of drug-likeness (QED) is 0.358. The summed E-state index contributed by atoms with van der Waals surface area (Å²) < 4.78 is 16.5. The number of aromatic nitrogens is 1. The highest BCUT2D eigenvalue weighted by molar-refractivity contribution is 8.03. The van der Waals surface area contributed by atoms with E-state index in [1.807, 2.05) is 5.40 Å². The second-order valence-corrected chi connectivity index (χ2v) is 7.32. The van der Waals surface area contributed by atoms with Crippen LogP contribution in [0.25, 0.3) is 10.2 Å². The van der Waals surface area contributed by atoms with Gasteiger partial charge in [-0.05, 0) is 17.8 Å². The smallest absolute Gasteiger partial charge is 0.362 e. The van der Waals surface area contributed by atoms with Crippen molar-refractivity contribution in [3.63, 3.8) is 0 Å². The van der Waals surface area contributed by atoms with Crippen molar-refractivity contribution in [2.75, 3.05) is 12.1 Å². The Morgan fingerprint density at radius 1 is 1.57 bits per heavy atom. The molecule has 0 unspecified atom stereocenters. The number of nitriles is 1. The minimum Gasteiger partial charge on any atom is -0.479 e. The Hall–Kier alpha value is -1.34. The fourth-order valence-corrected chi connectivity index (χ4v) is 3.46. The van der Waals surface area contributed by atoms with Gasteiger partial charge in [0.25, 0.3) is 0 Å². The van der Waals surface area contributed by atoms with Gasteiger partial charge in [-0.15, -0.1) is 0 Å². The van der Waals surface area contributed by atoms with Crippen molar-refractivity contribution in [2.45, 2.75) is 11.5 Å². The molecular formula is C10H10N3O5PS2. The topological polar surface area (TPSA) is 150 Å². The molecule has 1 aromatic heterocycles. The van der Waals surface area contributed by atoms with E-state index in [1.165, 1.54) is 6.07 Å². The highest BCUT2D eigenvalue weighted by Gasteiger charge is 2.20. The van der Waals surface area contributed by atoms with Crippen LogP contribution in [0.2, 0.25) is 0 Å². The Labute approximate surface area is 127 Å². The lowest BCUT2D eigenvalue weighted by Gasteiger charge is -2.11. The van der Waals surface area contributed by atoms with Crippen LogP contribution in [0, 0.1) is 10.7 Å². The summed E-state index contributed by atoms with van der Waals surface area (Å²) in [6, 6.07) is 1.41. The molecule has 0 aliphatic carbocycles. The lowest BCUT2D eigenvalue weighted by atomic mass is 10.2. The molecule has 1 aromatic carbocycles. The highest BCUT2D eigenvalue weighted by Crippen LogP contribution is 2.42. The molecule has 0 atom stereocenters. The summed E-state index contributed by atoms with van der Waals surface area (Å²) in [6.07, 6.45) is -0.811. The Morgan fingerprint density at radius 2 is 2.29 bits per heavy atom. The van der Waals surface area contributed by atoms with Crippen molar-refractivity contribution in [3.05, 3.63) is 11.6 Å². The normalized spacial score (nSPS) is 11.5. The fourth-order valence-electron chi connectivity index (χ4n) is 1.65. The summed E-state index contributed by atoms with van der Waals surface area (Å²) in [7, 11) is -4.35. The molecule has 2 aromatic rings. The lowest BCUT2D eigenvalue weighted by Crippen LogP contribution is -2.00. The first-order valence-electron chi connectivity index (χ1n) is 5.41. The second-order valence-electron chi connectivity index (χ2n) is 3.87. The minimum atomic E-state index is -4.35. The highest BCUT2D eigenvalue weighted by atomic mass is 32.2. The van der Waals surface area contributed by atoms with E-state index in [-0.39, 0.29) is 17.5 Å². The molecule has 0 aliphatic heterocycles. The van der Waals surface area contributed by atoms with Gasteiger partial charge in [-0.2, -0.15) is 5.26 Å². The number of fused-ring (bicyclic) bond motifs is 1. The SMILES string of the molecule is N#CSc1cc(OCP(=O)(O)O)c2nc(N)sc2c1CO. The number of rotatable bonds is 5. The number of nitrogens with zero attached hydrogens (tertiary/aromatic N) is 2. The summed E-state index contributed by atoms with van der Waals surface area (Å²) >= 11 is 1.91. The first-order valence-corrected chi connectivity index (χ1v) is 8.85. The van der Waals surface area contributed by atoms with E-state index in [0.29, 0.717) is 20.7 Å². The van der Waals surface area contributed by atoms with Gasteiger partial charge in [-0.3, -0.25) is 4.57 Å². The Balaban J connectivity index is 2.58. The van der Waals surface area contributed by atoms with Gasteiger partial charge < -0.3 is 25.4 Å². The second kappa shape index (κ2) is 6.19. The molecule has 0 amide bonds. The number of ether oxygens (including phenoxy) is 1. The Kier molecular flexibility index (Phi) is 4.73. The fraction of sp³-hybridized carbons (Fsp3) is 0.200. The Morgan fingerprint density at radius 3 is 2.86 bits per heavy atom. The van der Waals surface area contributed by atoms with Crippen molar-refractivity contribution < 1.29 is 24.2 Å². The molecule has 0 aliphatic rings. The number of thiocyanates is 1. The van der Waals surface area contributed by atoms with Gasteiger partial charge in [0, 0.05) is 10.5 Å². The standard InChI is InChI=1S/C10H10N3O5PS2/c11-3-20-7-1-6(18-4-19(15,16)17)8-9(5(7)2-14)21-10(12)13-8/h1,14H,2,4H2,(H2,12,13)(H2,15,16,17). The van der Waals surface area contributed by atoms with Gasteiger partial charge in [-0.1, -0.05) is 11.3 Å². The summed E-state index contributed by atoms with van der Waals surface area (Å²) in [5.74, 6) is 0.108. The minimum absolute atomic E-state index is 0.108. The van der Waals surface area contributed by atoms with Gasteiger partial charge >= 0.3 is 7.60 Å². The molecule has 0 spiro atoms. The number of thioether (sulfide) groups is 1. The van der Waals surface area contributed by atoms with Gasteiger partial charge in [0.1, 0.15) is 16.7 Å². The molecular weight excluding hydrogens is 337 g/mol. The predicted octanol–water partition coefficient (Wildman–Crippen LogP) is 1.46. The van der Waals surface area contributed by atoms with Crippen molar-refractivity contribution in [1.82, 2.24) is 4.98 Å². The first kappa shape index (κ1) is 16.0. The average Bonchev–Trinajstić information content (AvgIpc) is 2.77. The van der Waals surface area contributed by atoms with E-state index in [2.05, 4.69) is 4.98 Å². The third kappa shape index (κ3) is 3.65. The lowest BCUT2D eigenvalue weighted by molar-refractivity contribution is 0.280. The van der Waals surface area contributed by atoms with E-state index in [0.717, 1.165) is 23.1 Å². The summed E-state index contributed by atoms with van der Waals surface area (Å²) in [6.45, 7) is -0.319. The van der Waals surface area contributed by atoms with Gasteiger partial charge in [0.2, 0.25) is 0 Å². The largest absolute Gasteiger partial charge is 0.479 e. The molecule has 21 heavy (non-hydrogen) atoms. The van der Waals surface area contributed by atoms with Crippen molar-refractivity contribution in [1.29, 1.82) is 5.26 Å². The van der Waals surface area contributed by atoms with E-state index < -0.39 is 13.9 Å². The third-order valence-electron chi connectivity index (χ3n) is 2.41. The molecule has 8 nitrogen and oxygen atoms in total. The van der Waals surface area contributed by atoms with E-state index in [4.69, 9.17) is 25.5 Å². The number of anilines is 1. The van der Waals surface area contributed by atoms with Gasteiger partial charge in [0.15, 0.2) is 11.5 Å². The molecule has 0 saturated heterocycles. The molecule has 0 radical (unpaired) electrons. The van der Waals surface area contributed by atoms with Crippen LogP contribution in [0.15, 0.2) is 11.0 Å². The van der Waals surface area contributed by atoms with Crippen molar-refractivity contribution in [2.24, 2.45) is 0 Å². The zero-order valence-electron chi connectivity index (χ0n) is 10.4. The average molecular weight is 347 g/mol. The molecule has 2 rings (SSSR count). The van der Waals surface area contributed by atoms with Gasteiger partial charge in [-0.25, -0.2) is 4.98 Å². The monoisotopic (exact) mass is 347 g/mol. The number of aliphatic hydroxyl groups excluding tert-OH is 1. The maximum atomic E-state index is 10.9. The predicted molar refractivity (Wildman–Crippen MR) is 79.0 cm³/mol. The summed E-state index contributed by atoms with van der Waals surface area (Å²) in [4.78, 5) is 22.2. The van der Waals surface area contributed by atoms with Crippen LogP contribution in [0.3, 0.4) is 0 Å². The number of nitrogens with two attached hydrogens (primary N) is 1. The van der Waals surface area contributed by atoms with E-state index in [1.54, 1.807) is 0 Å². The van der Waals surface area contributed by atoms with Crippen molar-refractivity contribution in [3.8, 4) is 11.2 Å². The van der Waals surface area contributed by atoms with Crippen LogP contribution in [0.4, 0.5) is 5.13 Å². The molecule has 11 heteroatoms. The van der Waals surface area contributed by atoms with E-state index in [9.17, 15) is 9.67 Å². The number of hydrogen-bond donors (Lipinski definition) is 4. The number of hydrogen-bond acceptors (Lipinski definition) is 8. The molecule has 0 saturated carbocycles. The summed E-state index contributed by atoms with van der Waals surface area (Å²) in [5, 5.41) is 20.3. The zero-order valence-corrected chi connectivity index (χ0v) is 12.9. The molecule has 5 N–H and O–H groups in total. The molecule has 112 valence electrons. The first-order chi connectivity index (χ1) is 9.85. The van der Waals surface area contributed by atoms with E-state index >= 15 is 0 Å². The van der Waals surface area contributed by atoms with Crippen LogP contribution < -0.4 is 10.5 Å². The van der Waals surface area contributed by atoms with Crippen LogP contribution >= 0.6 is 30.7 Å². The maximum absolute atomic E-state index is 10.9. The van der Waals surface area contributed by atoms with Crippen LogP contribution in [-0.4, -0.2) is 26.2 Å². The van der Waals surface area contributed by atoms with Crippen LogP contribution in [0.5, 0.6) is 5.75 Å². The van der Waals surface area contributed by atoms with Gasteiger partial charge in [0.05, 0.1) is 11.3 Å². The van der Waals surface area contributed by atoms with Crippen LogP contribution in [0.1, 0.15) is 5.56 Å². The number of nitrogen functional groups attached to an aromatic ring is 1. The number of benzene rings is 1. The maximum Gasteiger partial charge on any atom is 0.362 e. The molecule has 1 heterocycles.